The van der Waals surface area contributed by atoms with Gasteiger partial charge in [-0.3, -0.25) is 0 Å². The maximum atomic E-state index is 9.32. The van der Waals surface area contributed by atoms with Crippen molar-refractivity contribution in [1.29, 1.82) is 0 Å². The van der Waals surface area contributed by atoms with E-state index in [1.165, 1.54) is 11.1 Å². The molecule has 2 rings (SSSR count). The van der Waals surface area contributed by atoms with Crippen LogP contribution in [0.4, 0.5) is 0 Å². The number of rotatable bonds is 3. The van der Waals surface area contributed by atoms with Gasteiger partial charge in [-0.25, -0.2) is 4.68 Å². The summed E-state index contributed by atoms with van der Waals surface area (Å²) >= 11 is 0. The molecule has 1 atom stereocenters. The Morgan fingerprint density at radius 3 is 2.56 bits per heavy atom. The molecular weight excluding hydrogens is 202 g/mol. The molecule has 1 aromatic carbocycles. The molecule has 0 saturated heterocycles. The normalized spacial score (nSPS) is 12.7. The van der Waals surface area contributed by atoms with Crippen molar-refractivity contribution in [3.05, 3.63) is 47.3 Å². The van der Waals surface area contributed by atoms with Crippen LogP contribution in [0.25, 0.3) is 0 Å². The Balaban J connectivity index is 2.11. The maximum absolute atomic E-state index is 9.32. The zero-order valence-corrected chi connectivity index (χ0v) is 9.46. The molecule has 4 nitrogen and oxygen atoms in total. The summed E-state index contributed by atoms with van der Waals surface area (Å²) in [7, 11) is 0. The van der Waals surface area contributed by atoms with Crippen molar-refractivity contribution < 1.29 is 5.11 Å². The Labute approximate surface area is 94.5 Å². The topological polar surface area (TPSA) is 50.9 Å². The minimum absolute atomic E-state index is 0.563. The van der Waals surface area contributed by atoms with Crippen LogP contribution in [-0.2, 0) is 6.54 Å². The van der Waals surface area contributed by atoms with Gasteiger partial charge in [0, 0.05) is 0 Å². The van der Waals surface area contributed by atoms with E-state index in [1.807, 2.05) is 0 Å². The highest BCUT2D eigenvalue weighted by Crippen LogP contribution is 2.09. The van der Waals surface area contributed by atoms with E-state index in [0.29, 0.717) is 12.2 Å². The van der Waals surface area contributed by atoms with E-state index in [2.05, 4.69) is 41.5 Å². The molecule has 0 amide bonds. The standard InChI is InChI=1S/C12H15N3O/c1-9-3-5-11(6-4-9)7-15-8-12(10(2)16)13-14-15/h3-6,8,10,16H,7H2,1-2H3. The molecule has 0 aliphatic rings. The Bertz CT molecular complexity index is 459. The fourth-order valence-corrected chi connectivity index (χ4v) is 1.46. The zero-order chi connectivity index (χ0) is 11.5. The second-order valence-corrected chi connectivity index (χ2v) is 4.00. The van der Waals surface area contributed by atoms with Gasteiger partial charge >= 0.3 is 0 Å². The fraction of sp³-hybridized carbons (Fsp3) is 0.333. The number of aryl methyl sites for hydroxylation is 1. The monoisotopic (exact) mass is 217 g/mol. The molecule has 84 valence electrons. The van der Waals surface area contributed by atoms with Gasteiger partial charge in [0.15, 0.2) is 0 Å². The Morgan fingerprint density at radius 1 is 1.31 bits per heavy atom. The lowest BCUT2D eigenvalue weighted by molar-refractivity contribution is 0.194. The van der Waals surface area contributed by atoms with Crippen LogP contribution >= 0.6 is 0 Å². The molecular formula is C12H15N3O. The molecule has 1 N–H and O–H groups in total. The Kier molecular flexibility index (Phi) is 3.01. The predicted octanol–water partition coefficient (Wildman–Crippen LogP) is 1.69. The van der Waals surface area contributed by atoms with Crippen molar-refractivity contribution in [1.82, 2.24) is 15.0 Å². The molecule has 0 radical (unpaired) electrons. The van der Waals surface area contributed by atoms with Crippen molar-refractivity contribution >= 4 is 0 Å². The number of aliphatic hydroxyl groups excluding tert-OH is 1. The minimum Gasteiger partial charge on any atom is -0.387 e. The van der Waals surface area contributed by atoms with Gasteiger partial charge in [0.05, 0.1) is 18.8 Å². The molecule has 1 aromatic heterocycles. The highest BCUT2D eigenvalue weighted by atomic mass is 16.3. The molecule has 0 spiro atoms. The van der Waals surface area contributed by atoms with E-state index in [4.69, 9.17) is 0 Å². The van der Waals surface area contributed by atoms with E-state index < -0.39 is 6.10 Å². The smallest absolute Gasteiger partial charge is 0.111 e. The predicted molar refractivity (Wildman–Crippen MR) is 60.9 cm³/mol. The lowest BCUT2D eigenvalue weighted by Gasteiger charge is -2.01. The van der Waals surface area contributed by atoms with Gasteiger partial charge in [-0.05, 0) is 19.4 Å². The van der Waals surface area contributed by atoms with Gasteiger partial charge in [0.2, 0.25) is 0 Å². The first-order valence-electron chi connectivity index (χ1n) is 5.29. The average molecular weight is 217 g/mol. The van der Waals surface area contributed by atoms with Crippen LogP contribution in [-0.4, -0.2) is 20.1 Å². The number of benzene rings is 1. The maximum Gasteiger partial charge on any atom is 0.111 e. The van der Waals surface area contributed by atoms with Crippen molar-refractivity contribution in [2.24, 2.45) is 0 Å². The third-order valence-corrected chi connectivity index (χ3v) is 2.45. The second-order valence-electron chi connectivity index (χ2n) is 4.00. The van der Waals surface area contributed by atoms with Gasteiger partial charge in [-0.2, -0.15) is 0 Å². The second kappa shape index (κ2) is 4.45. The van der Waals surface area contributed by atoms with E-state index in [0.717, 1.165) is 0 Å². The fourth-order valence-electron chi connectivity index (χ4n) is 1.46. The number of aliphatic hydroxyl groups is 1. The van der Waals surface area contributed by atoms with Crippen LogP contribution in [0.1, 0.15) is 29.8 Å². The number of hydrogen-bond donors (Lipinski definition) is 1. The highest BCUT2D eigenvalue weighted by Gasteiger charge is 2.06. The Morgan fingerprint density at radius 2 is 2.00 bits per heavy atom. The first-order chi connectivity index (χ1) is 7.65. The summed E-state index contributed by atoms with van der Waals surface area (Å²) in [6.07, 6.45) is 1.21. The molecule has 0 bridgehead atoms. The summed E-state index contributed by atoms with van der Waals surface area (Å²) in [5, 5.41) is 17.2. The van der Waals surface area contributed by atoms with E-state index in [1.54, 1.807) is 17.8 Å². The lowest BCUT2D eigenvalue weighted by atomic mass is 10.1. The summed E-state index contributed by atoms with van der Waals surface area (Å²) in [6, 6.07) is 8.28. The summed E-state index contributed by atoms with van der Waals surface area (Å²) in [4.78, 5) is 0. The summed E-state index contributed by atoms with van der Waals surface area (Å²) in [6.45, 7) is 4.42. The van der Waals surface area contributed by atoms with Crippen LogP contribution in [0.2, 0.25) is 0 Å². The summed E-state index contributed by atoms with van der Waals surface area (Å²) in [5.74, 6) is 0. The minimum atomic E-state index is -0.563. The van der Waals surface area contributed by atoms with E-state index in [9.17, 15) is 5.11 Å². The molecule has 0 saturated carbocycles. The van der Waals surface area contributed by atoms with Gasteiger partial charge in [-0.1, -0.05) is 35.0 Å². The van der Waals surface area contributed by atoms with Crippen molar-refractivity contribution in [2.45, 2.75) is 26.5 Å². The van der Waals surface area contributed by atoms with Crippen LogP contribution in [0.5, 0.6) is 0 Å². The highest BCUT2D eigenvalue weighted by molar-refractivity contribution is 5.21. The van der Waals surface area contributed by atoms with Crippen LogP contribution in [0, 0.1) is 6.92 Å². The molecule has 0 aliphatic heterocycles. The first-order valence-corrected chi connectivity index (χ1v) is 5.29. The van der Waals surface area contributed by atoms with Crippen molar-refractivity contribution in [3.63, 3.8) is 0 Å². The quantitative estimate of drug-likeness (QED) is 0.851. The summed E-state index contributed by atoms with van der Waals surface area (Å²) < 4.78 is 1.73. The first kappa shape index (κ1) is 10.8. The average Bonchev–Trinajstić information content (AvgIpc) is 2.70. The molecule has 1 unspecified atom stereocenters. The molecule has 4 heteroatoms. The van der Waals surface area contributed by atoms with Crippen LogP contribution in [0.15, 0.2) is 30.5 Å². The zero-order valence-electron chi connectivity index (χ0n) is 9.46. The van der Waals surface area contributed by atoms with E-state index >= 15 is 0 Å². The molecule has 2 aromatic rings. The summed E-state index contributed by atoms with van der Waals surface area (Å²) in [5.41, 5.74) is 3.02. The van der Waals surface area contributed by atoms with Crippen LogP contribution < -0.4 is 0 Å². The molecule has 16 heavy (non-hydrogen) atoms. The molecule has 0 aliphatic carbocycles. The van der Waals surface area contributed by atoms with Gasteiger partial charge in [0.1, 0.15) is 5.69 Å². The lowest BCUT2D eigenvalue weighted by Crippen LogP contribution is -2.00. The number of aromatic nitrogens is 3. The largest absolute Gasteiger partial charge is 0.387 e. The van der Waals surface area contributed by atoms with Crippen molar-refractivity contribution in [3.8, 4) is 0 Å². The van der Waals surface area contributed by atoms with Crippen LogP contribution in [0.3, 0.4) is 0 Å². The van der Waals surface area contributed by atoms with Gasteiger partial charge < -0.3 is 5.11 Å². The SMILES string of the molecule is Cc1ccc(Cn2cc(C(C)O)nn2)cc1. The van der Waals surface area contributed by atoms with Gasteiger partial charge in [-0.15, -0.1) is 5.10 Å². The number of nitrogens with zero attached hydrogens (tertiary/aromatic N) is 3. The third kappa shape index (κ3) is 2.46. The third-order valence-electron chi connectivity index (χ3n) is 2.45. The Hall–Kier alpha value is -1.68. The number of hydrogen-bond acceptors (Lipinski definition) is 3. The van der Waals surface area contributed by atoms with E-state index in [-0.39, 0.29) is 0 Å². The van der Waals surface area contributed by atoms with Gasteiger partial charge in [0.25, 0.3) is 0 Å². The molecule has 1 heterocycles. The molecule has 0 fully saturated rings. The van der Waals surface area contributed by atoms with Crippen molar-refractivity contribution in [2.75, 3.05) is 0 Å².